The zero-order valence-corrected chi connectivity index (χ0v) is 5.76. The van der Waals surface area contributed by atoms with Crippen LogP contribution in [0.3, 0.4) is 0 Å². The number of nitrogens with zero attached hydrogens (tertiary/aromatic N) is 2. The Balaban J connectivity index is 2.86. The van der Waals surface area contributed by atoms with E-state index in [1.165, 1.54) is 0 Å². The van der Waals surface area contributed by atoms with E-state index in [9.17, 15) is 0 Å². The monoisotopic (exact) mass is 153 g/mol. The lowest BCUT2D eigenvalue weighted by molar-refractivity contribution is 1.10. The van der Waals surface area contributed by atoms with Crippen LogP contribution in [-0.4, -0.2) is 15.2 Å². The van der Waals surface area contributed by atoms with Gasteiger partial charge in [0.2, 0.25) is 0 Å². The normalized spacial score (nSPS) is 10.5. The van der Waals surface area contributed by atoms with Crippen molar-refractivity contribution >= 4 is 22.6 Å². The molecule has 0 spiro atoms. The average Bonchev–Trinajstić information content (AvgIpc) is 2.33. The Morgan fingerprint density at radius 3 is 3.20 bits per heavy atom. The zero-order valence-electron chi connectivity index (χ0n) is 5.00. The molecule has 0 aliphatic rings. The van der Waals surface area contributed by atoms with Crippen molar-refractivity contribution in [1.29, 1.82) is 0 Å². The largest absolute Gasteiger partial charge is 0.261 e. The molecular weight excluding hydrogens is 150 g/mol. The van der Waals surface area contributed by atoms with E-state index in [1.807, 2.05) is 6.07 Å². The second-order valence-electron chi connectivity index (χ2n) is 1.96. The van der Waals surface area contributed by atoms with Crippen LogP contribution < -0.4 is 0 Å². The molecule has 2 aromatic rings. The van der Waals surface area contributed by atoms with Gasteiger partial charge in [-0.05, 0) is 6.07 Å². The summed E-state index contributed by atoms with van der Waals surface area (Å²) in [6.07, 6.45) is 3.27. The van der Waals surface area contributed by atoms with Crippen molar-refractivity contribution in [2.45, 2.75) is 0 Å². The van der Waals surface area contributed by atoms with E-state index >= 15 is 0 Å². The van der Waals surface area contributed by atoms with Gasteiger partial charge in [-0.2, -0.15) is 5.10 Å². The Bertz CT molecular complexity index is 355. The van der Waals surface area contributed by atoms with Crippen molar-refractivity contribution in [2.75, 3.05) is 0 Å². The standard InChI is InChI=1S/C6H4ClN3/c7-5-1-4-2-9-10-6(4)8-3-5/h1-3H,(H,8,9,10). The van der Waals surface area contributed by atoms with Crippen LogP contribution in [0.1, 0.15) is 0 Å². The minimum atomic E-state index is 0.633. The Morgan fingerprint density at radius 2 is 2.30 bits per heavy atom. The molecule has 10 heavy (non-hydrogen) atoms. The van der Waals surface area contributed by atoms with Crippen molar-refractivity contribution in [3.8, 4) is 0 Å². The number of nitrogens with one attached hydrogen (secondary N) is 1. The lowest BCUT2D eigenvalue weighted by Crippen LogP contribution is -1.74. The number of rotatable bonds is 0. The second kappa shape index (κ2) is 1.95. The summed E-state index contributed by atoms with van der Waals surface area (Å²) in [5, 5.41) is 8.09. The first kappa shape index (κ1) is 5.68. The fourth-order valence-electron chi connectivity index (χ4n) is 0.810. The molecule has 0 fully saturated rings. The summed E-state index contributed by atoms with van der Waals surface area (Å²) in [6.45, 7) is 0. The number of pyridine rings is 1. The van der Waals surface area contributed by atoms with Gasteiger partial charge in [-0.25, -0.2) is 4.98 Å². The summed E-state index contributed by atoms with van der Waals surface area (Å²) < 4.78 is 0. The van der Waals surface area contributed by atoms with E-state index in [1.54, 1.807) is 12.4 Å². The highest BCUT2D eigenvalue weighted by Crippen LogP contribution is 2.12. The molecule has 3 nitrogen and oxygen atoms in total. The van der Waals surface area contributed by atoms with Gasteiger partial charge in [0.15, 0.2) is 5.65 Å². The summed E-state index contributed by atoms with van der Waals surface area (Å²) in [7, 11) is 0. The van der Waals surface area contributed by atoms with Gasteiger partial charge in [0.25, 0.3) is 0 Å². The summed E-state index contributed by atoms with van der Waals surface area (Å²) in [6, 6.07) is 1.81. The van der Waals surface area contributed by atoms with Crippen LogP contribution in [0.5, 0.6) is 0 Å². The molecule has 0 aliphatic heterocycles. The third kappa shape index (κ3) is 0.752. The topological polar surface area (TPSA) is 41.6 Å². The maximum absolute atomic E-state index is 5.67. The predicted octanol–water partition coefficient (Wildman–Crippen LogP) is 1.61. The summed E-state index contributed by atoms with van der Waals surface area (Å²) in [5.41, 5.74) is 0.768. The Morgan fingerprint density at radius 1 is 1.40 bits per heavy atom. The van der Waals surface area contributed by atoms with Gasteiger partial charge in [0.05, 0.1) is 11.2 Å². The quantitative estimate of drug-likeness (QED) is 0.625. The molecule has 0 aliphatic carbocycles. The molecular formula is C6H4ClN3. The van der Waals surface area contributed by atoms with Gasteiger partial charge in [0, 0.05) is 11.6 Å². The number of fused-ring (bicyclic) bond motifs is 1. The molecule has 0 amide bonds. The van der Waals surface area contributed by atoms with Gasteiger partial charge in [-0.15, -0.1) is 0 Å². The van der Waals surface area contributed by atoms with Crippen LogP contribution in [-0.2, 0) is 0 Å². The molecule has 0 saturated heterocycles. The number of hydrogen-bond donors (Lipinski definition) is 1. The van der Waals surface area contributed by atoms with E-state index < -0.39 is 0 Å². The molecule has 0 saturated carbocycles. The molecule has 2 heterocycles. The minimum absolute atomic E-state index is 0.633. The number of halogens is 1. The van der Waals surface area contributed by atoms with Crippen LogP contribution in [0.25, 0.3) is 11.0 Å². The maximum atomic E-state index is 5.67. The molecule has 0 atom stereocenters. The van der Waals surface area contributed by atoms with Crippen molar-refractivity contribution in [2.24, 2.45) is 0 Å². The minimum Gasteiger partial charge on any atom is -0.261 e. The Hall–Kier alpha value is -1.09. The van der Waals surface area contributed by atoms with Gasteiger partial charge < -0.3 is 0 Å². The van der Waals surface area contributed by atoms with E-state index in [-0.39, 0.29) is 0 Å². The number of aromatic nitrogens is 3. The van der Waals surface area contributed by atoms with Crippen molar-refractivity contribution in [1.82, 2.24) is 15.2 Å². The molecule has 0 radical (unpaired) electrons. The molecule has 2 rings (SSSR count). The van der Waals surface area contributed by atoms with Crippen LogP contribution in [0.15, 0.2) is 18.5 Å². The molecule has 4 heteroatoms. The third-order valence-corrected chi connectivity index (χ3v) is 1.46. The lowest BCUT2D eigenvalue weighted by Gasteiger charge is -1.86. The van der Waals surface area contributed by atoms with Crippen LogP contribution in [0.2, 0.25) is 5.02 Å². The first-order valence-corrected chi connectivity index (χ1v) is 3.19. The Kier molecular flexibility index (Phi) is 1.11. The van der Waals surface area contributed by atoms with Gasteiger partial charge in [-0.3, -0.25) is 5.10 Å². The van der Waals surface area contributed by atoms with Crippen molar-refractivity contribution < 1.29 is 0 Å². The first-order chi connectivity index (χ1) is 4.86. The highest BCUT2D eigenvalue weighted by Gasteiger charge is 1.95. The molecule has 50 valence electrons. The summed E-state index contributed by atoms with van der Waals surface area (Å²) in [5.74, 6) is 0. The second-order valence-corrected chi connectivity index (χ2v) is 2.40. The first-order valence-electron chi connectivity index (χ1n) is 2.81. The lowest BCUT2D eigenvalue weighted by atomic mass is 10.4. The fourth-order valence-corrected chi connectivity index (χ4v) is 0.976. The van der Waals surface area contributed by atoms with E-state index in [0.29, 0.717) is 5.02 Å². The van der Waals surface area contributed by atoms with Crippen LogP contribution >= 0.6 is 11.6 Å². The van der Waals surface area contributed by atoms with E-state index in [4.69, 9.17) is 11.6 Å². The fraction of sp³-hybridized carbons (Fsp3) is 0. The van der Waals surface area contributed by atoms with Gasteiger partial charge in [-0.1, -0.05) is 11.6 Å². The molecule has 2 aromatic heterocycles. The number of H-pyrrole nitrogens is 1. The molecule has 1 N–H and O–H groups in total. The van der Waals surface area contributed by atoms with Crippen molar-refractivity contribution in [3.05, 3.63) is 23.5 Å². The number of hydrogen-bond acceptors (Lipinski definition) is 2. The number of aromatic amines is 1. The van der Waals surface area contributed by atoms with Crippen LogP contribution in [0, 0.1) is 0 Å². The SMILES string of the molecule is Clc1cnc2[nH]ncc2c1. The summed E-state index contributed by atoms with van der Waals surface area (Å²) in [4.78, 5) is 3.99. The van der Waals surface area contributed by atoms with Crippen molar-refractivity contribution in [3.63, 3.8) is 0 Å². The third-order valence-electron chi connectivity index (χ3n) is 1.26. The zero-order chi connectivity index (χ0) is 6.97. The van der Waals surface area contributed by atoms with Gasteiger partial charge in [0.1, 0.15) is 0 Å². The maximum Gasteiger partial charge on any atom is 0.155 e. The van der Waals surface area contributed by atoms with E-state index in [0.717, 1.165) is 11.0 Å². The average molecular weight is 154 g/mol. The van der Waals surface area contributed by atoms with E-state index in [2.05, 4.69) is 15.2 Å². The predicted molar refractivity (Wildman–Crippen MR) is 38.9 cm³/mol. The highest BCUT2D eigenvalue weighted by atomic mass is 35.5. The summed E-state index contributed by atoms with van der Waals surface area (Å²) >= 11 is 5.67. The molecule has 0 unspecified atom stereocenters. The molecule has 0 aromatic carbocycles. The van der Waals surface area contributed by atoms with Gasteiger partial charge >= 0.3 is 0 Å². The highest BCUT2D eigenvalue weighted by molar-refractivity contribution is 6.31. The smallest absolute Gasteiger partial charge is 0.155 e. The Labute approximate surface area is 62.0 Å². The van der Waals surface area contributed by atoms with Crippen LogP contribution in [0.4, 0.5) is 0 Å². The molecule has 0 bridgehead atoms.